The maximum absolute atomic E-state index is 12.6. The Morgan fingerprint density at radius 3 is 2.24 bits per heavy atom. The van der Waals surface area contributed by atoms with Gasteiger partial charge >= 0.3 is 6.03 Å². The van der Waals surface area contributed by atoms with Gasteiger partial charge in [0.15, 0.2) is 0 Å². The second kappa shape index (κ2) is 8.99. The number of likely N-dealkylation sites (tertiary alicyclic amines) is 1. The molecule has 2 heterocycles. The molecule has 1 fully saturated rings. The molecule has 3 amide bonds. The van der Waals surface area contributed by atoms with Gasteiger partial charge < -0.3 is 20.3 Å². The Hall–Kier alpha value is -3.02. The fourth-order valence-electron chi connectivity index (χ4n) is 3.85. The van der Waals surface area contributed by atoms with Crippen LogP contribution < -0.4 is 15.4 Å². The molecule has 2 aliphatic rings. The van der Waals surface area contributed by atoms with Crippen molar-refractivity contribution >= 4 is 23.3 Å². The zero-order valence-corrected chi connectivity index (χ0v) is 16.5. The number of carbonyl (C=O) groups excluding carboxylic acids is 2. The number of hydrogen-bond donors (Lipinski definition) is 2. The lowest BCUT2D eigenvalue weighted by Gasteiger charge is -2.24. The largest absolute Gasteiger partial charge is 0.492 e. The molecule has 2 aromatic rings. The Balaban J connectivity index is 1.31. The molecular weight excluding hydrogens is 366 g/mol. The van der Waals surface area contributed by atoms with Crippen molar-refractivity contribution in [3.8, 4) is 5.75 Å². The van der Waals surface area contributed by atoms with E-state index in [0.29, 0.717) is 18.7 Å². The van der Waals surface area contributed by atoms with Gasteiger partial charge in [0.2, 0.25) is 5.91 Å². The molecule has 0 radical (unpaired) electrons. The molecule has 2 aliphatic heterocycles. The molecule has 0 spiro atoms. The van der Waals surface area contributed by atoms with Crippen molar-refractivity contribution in [1.82, 2.24) is 4.90 Å². The first-order valence-corrected chi connectivity index (χ1v) is 10.4. The van der Waals surface area contributed by atoms with E-state index in [0.717, 1.165) is 42.9 Å². The third-order valence-corrected chi connectivity index (χ3v) is 5.55. The number of ether oxygens (including phenoxy) is 1. The number of carbonyl (C=O) groups is 2. The number of hydrogen-bond acceptors (Lipinski definition) is 3. The van der Waals surface area contributed by atoms with Gasteiger partial charge in [0.05, 0.1) is 5.92 Å². The number of fused-ring (bicyclic) bond motifs is 1. The number of benzene rings is 2. The van der Waals surface area contributed by atoms with E-state index in [1.807, 2.05) is 53.4 Å². The molecule has 1 unspecified atom stereocenters. The normalized spacial score (nSPS) is 18.8. The van der Waals surface area contributed by atoms with Crippen LogP contribution in [-0.2, 0) is 11.2 Å². The summed E-state index contributed by atoms with van der Waals surface area (Å²) < 4.78 is 5.71. The SMILES string of the molecule is O=C(Nc1ccc(NC(=O)N2CCCCCC2)cc1)C1COc2ccccc2C1. The van der Waals surface area contributed by atoms with Gasteiger partial charge in [-0.15, -0.1) is 0 Å². The van der Waals surface area contributed by atoms with E-state index in [4.69, 9.17) is 4.74 Å². The number of rotatable bonds is 3. The summed E-state index contributed by atoms with van der Waals surface area (Å²) in [5.41, 5.74) is 2.50. The lowest BCUT2D eigenvalue weighted by atomic mass is 9.96. The lowest BCUT2D eigenvalue weighted by molar-refractivity contribution is -0.121. The van der Waals surface area contributed by atoms with Crippen molar-refractivity contribution < 1.29 is 14.3 Å². The van der Waals surface area contributed by atoms with E-state index in [9.17, 15) is 9.59 Å². The summed E-state index contributed by atoms with van der Waals surface area (Å²) in [4.78, 5) is 26.9. The molecule has 0 aromatic heterocycles. The van der Waals surface area contributed by atoms with E-state index in [1.165, 1.54) is 12.8 Å². The van der Waals surface area contributed by atoms with Crippen molar-refractivity contribution in [3.05, 3.63) is 54.1 Å². The number of para-hydroxylation sites is 1. The smallest absolute Gasteiger partial charge is 0.321 e. The number of urea groups is 1. The van der Waals surface area contributed by atoms with Crippen LogP contribution in [0.3, 0.4) is 0 Å². The van der Waals surface area contributed by atoms with Crippen molar-refractivity contribution in [2.75, 3.05) is 30.3 Å². The second-order valence-corrected chi connectivity index (χ2v) is 7.72. The Morgan fingerprint density at radius 2 is 1.52 bits per heavy atom. The number of nitrogens with zero attached hydrogens (tertiary/aromatic N) is 1. The molecule has 29 heavy (non-hydrogen) atoms. The molecule has 6 heteroatoms. The average Bonchev–Trinajstić information content (AvgIpc) is 3.04. The Morgan fingerprint density at radius 1 is 0.862 bits per heavy atom. The van der Waals surface area contributed by atoms with Crippen molar-refractivity contribution in [1.29, 1.82) is 0 Å². The first kappa shape index (κ1) is 19.3. The fourth-order valence-corrected chi connectivity index (χ4v) is 3.85. The van der Waals surface area contributed by atoms with E-state index < -0.39 is 0 Å². The molecule has 4 rings (SSSR count). The van der Waals surface area contributed by atoms with Crippen LogP contribution in [0.25, 0.3) is 0 Å². The second-order valence-electron chi connectivity index (χ2n) is 7.72. The molecule has 0 saturated carbocycles. The Labute approximate surface area is 171 Å². The van der Waals surface area contributed by atoms with Gasteiger partial charge in [0.1, 0.15) is 12.4 Å². The number of anilines is 2. The maximum Gasteiger partial charge on any atom is 0.321 e. The minimum Gasteiger partial charge on any atom is -0.492 e. The highest BCUT2D eigenvalue weighted by Gasteiger charge is 2.25. The van der Waals surface area contributed by atoms with Gasteiger partial charge in [0, 0.05) is 24.5 Å². The van der Waals surface area contributed by atoms with Crippen LogP contribution in [0.4, 0.5) is 16.2 Å². The van der Waals surface area contributed by atoms with E-state index >= 15 is 0 Å². The molecular formula is C23H27N3O3. The maximum atomic E-state index is 12.6. The van der Waals surface area contributed by atoms with Crippen molar-refractivity contribution in [3.63, 3.8) is 0 Å². The fraction of sp³-hybridized carbons (Fsp3) is 0.391. The molecule has 2 aromatic carbocycles. The molecule has 2 N–H and O–H groups in total. The van der Waals surface area contributed by atoms with Crippen LogP contribution in [-0.4, -0.2) is 36.5 Å². The monoisotopic (exact) mass is 393 g/mol. The summed E-state index contributed by atoms with van der Waals surface area (Å²) >= 11 is 0. The summed E-state index contributed by atoms with van der Waals surface area (Å²) in [7, 11) is 0. The van der Waals surface area contributed by atoms with Crippen LogP contribution in [0, 0.1) is 5.92 Å². The van der Waals surface area contributed by atoms with Crippen molar-refractivity contribution in [2.45, 2.75) is 32.1 Å². The Kier molecular flexibility index (Phi) is 5.98. The molecule has 152 valence electrons. The van der Waals surface area contributed by atoms with Crippen molar-refractivity contribution in [2.24, 2.45) is 5.92 Å². The zero-order valence-electron chi connectivity index (χ0n) is 16.5. The first-order valence-electron chi connectivity index (χ1n) is 10.4. The first-order chi connectivity index (χ1) is 14.2. The van der Waals surface area contributed by atoms with Crippen LogP contribution in [0.2, 0.25) is 0 Å². The van der Waals surface area contributed by atoms with Crippen LogP contribution in [0.5, 0.6) is 5.75 Å². The van der Waals surface area contributed by atoms with Crippen LogP contribution in [0.15, 0.2) is 48.5 Å². The summed E-state index contributed by atoms with van der Waals surface area (Å²) in [5, 5.41) is 5.90. The zero-order chi connectivity index (χ0) is 20.1. The van der Waals surface area contributed by atoms with Gasteiger partial charge in [-0.3, -0.25) is 4.79 Å². The van der Waals surface area contributed by atoms with Gasteiger partial charge in [-0.1, -0.05) is 31.0 Å². The van der Waals surface area contributed by atoms with E-state index in [1.54, 1.807) is 0 Å². The lowest BCUT2D eigenvalue weighted by Crippen LogP contribution is -2.35. The summed E-state index contributed by atoms with van der Waals surface area (Å²) in [6.07, 6.45) is 5.18. The van der Waals surface area contributed by atoms with Gasteiger partial charge in [-0.25, -0.2) is 4.79 Å². The van der Waals surface area contributed by atoms with E-state index in [2.05, 4.69) is 10.6 Å². The third kappa shape index (κ3) is 4.88. The van der Waals surface area contributed by atoms with Crippen LogP contribution in [0.1, 0.15) is 31.2 Å². The summed E-state index contributed by atoms with van der Waals surface area (Å²) in [6.45, 7) is 2.01. The predicted molar refractivity (Wildman–Crippen MR) is 113 cm³/mol. The highest BCUT2D eigenvalue weighted by atomic mass is 16.5. The van der Waals surface area contributed by atoms with Crippen LogP contribution >= 0.6 is 0 Å². The quantitative estimate of drug-likeness (QED) is 0.817. The molecule has 1 saturated heterocycles. The minimum absolute atomic E-state index is 0.0540. The molecule has 0 aliphatic carbocycles. The summed E-state index contributed by atoms with van der Waals surface area (Å²) in [6, 6.07) is 15.0. The number of amides is 3. The molecule has 0 bridgehead atoms. The van der Waals surface area contributed by atoms with Gasteiger partial charge in [-0.05, 0) is 55.2 Å². The topological polar surface area (TPSA) is 70.7 Å². The summed E-state index contributed by atoms with van der Waals surface area (Å²) in [5.74, 6) is 0.592. The van der Waals surface area contributed by atoms with E-state index in [-0.39, 0.29) is 17.9 Å². The molecule has 1 atom stereocenters. The highest BCUT2D eigenvalue weighted by molar-refractivity contribution is 5.94. The van der Waals surface area contributed by atoms with Gasteiger partial charge in [0.25, 0.3) is 0 Å². The third-order valence-electron chi connectivity index (χ3n) is 5.55. The van der Waals surface area contributed by atoms with Gasteiger partial charge in [-0.2, -0.15) is 0 Å². The predicted octanol–water partition coefficient (Wildman–Crippen LogP) is 4.28. The minimum atomic E-state index is -0.215. The average molecular weight is 393 g/mol. The highest BCUT2D eigenvalue weighted by Crippen LogP contribution is 2.27. The standard InChI is InChI=1S/C23H27N3O3/c27-22(18-15-17-7-3-4-8-21(17)29-16-18)24-19-9-11-20(12-10-19)25-23(28)26-13-5-1-2-6-14-26/h3-4,7-12,18H,1-2,5-6,13-16H2,(H,24,27)(H,25,28). The molecule has 6 nitrogen and oxygen atoms in total. The number of nitrogens with one attached hydrogen (secondary N) is 2. The Bertz CT molecular complexity index is 858.